The van der Waals surface area contributed by atoms with Crippen LogP contribution in [0.4, 0.5) is 0 Å². The van der Waals surface area contributed by atoms with Crippen molar-refractivity contribution >= 4 is 0 Å². The van der Waals surface area contributed by atoms with Crippen molar-refractivity contribution in [3.63, 3.8) is 0 Å². The van der Waals surface area contributed by atoms with Gasteiger partial charge in [-0.3, -0.25) is 0 Å². The van der Waals surface area contributed by atoms with Gasteiger partial charge in [-0.05, 0) is 18.6 Å². The molecule has 0 aliphatic rings. The first-order chi connectivity index (χ1) is 8.75. The number of nitrogens with zero attached hydrogens (tertiary/aromatic N) is 2. The lowest BCUT2D eigenvalue weighted by Crippen LogP contribution is -2.21. The molecule has 1 unspecified atom stereocenters. The molecule has 1 atom stereocenters. The van der Waals surface area contributed by atoms with Crippen molar-refractivity contribution in [3.8, 4) is 0 Å². The fraction of sp³-hybridized carbons (Fsp3) is 0.286. The van der Waals surface area contributed by atoms with Gasteiger partial charge in [-0.25, -0.2) is 9.97 Å². The van der Waals surface area contributed by atoms with E-state index < -0.39 is 6.10 Å². The molecule has 0 fully saturated rings. The van der Waals surface area contributed by atoms with Crippen molar-refractivity contribution in [2.24, 2.45) is 0 Å². The summed E-state index contributed by atoms with van der Waals surface area (Å²) >= 11 is 0. The molecule has 1 aromatic heterocycles. The highest BCUT2D eigenvalue weighted by atomic mass is 16.3. The number of aliphatic hydroxyl groups excluding tert-OH is 1. The fourth-order valence-corrected chi connectivity index (χ4v) is 1.73. The van der Waals surface area contributed by atoms with Gasteiger partial charge >= 0.3 is 0 Å². The maximum atomic E-state index is 9.96. The van der Waals surface area contributed by atoms with Gasteiger partial charge in [0.25, 0.3) is 0 Å². The van der Waals surface area contributed by atoms with E-state index in [0.717, 1.165) is 17.1 Å². The van der Waals surface area contributed by atoms with Crippen molar-refractivity contribution in [1.82, 2.24) is 15.3 Å². The maximum Gasteiger partial charge on any atom is 0.125 e. The minimum absolute atomic E-state index is 0.492. The summed E-state index contributed by atoms with van der Waals surface area (Å²) in [5.41, 5.74) is 1.85. The van der Waals surface area contributed by atoms with Gasteiger partial charge in [0.05, 0.1) is 11.8 Å². The van der Waals surface area contributed by atoms with E-state index in [0.29, 0.717) is 13.1 Å². The zero-order valence-corrected chi connectivity index (χ0v) is 10.4. The van der Waals surface area contributed by atoms with Gasteiger partial charge in [0.1, 0.15) is 5.82 Å². The molecule has 2 aromatic rings. The van der Waals surface area contributed by atoms with E-state index >= 15 is 0 Å². The summed E-state index contributed by atoms with van der Waals surface area (Å²) in [7, 11) is 0. The van der Waals surface area contributed by atoms with Crippen LogP contribution < -0.4 is 5.32 Å². The second-order valence-electron chi connectivity index (χ2n) is 4.15. The average molecular weight is 243 g/mol. The standard InChI is InChI=1S/C14H17N3O/c1-11-16-8-7-13(17-11)9-15-10-14(18)12-5-3-2-4-6-12/h2-8,14-15,18H,9-10H2,1H3. The molecule has 1 aromatic carbocycles. The Kier molecular flexibility index (Phi) is 4.39. The smallest absolute Gasteiger partial charge is 0.125 e. The van der Waals surface area contributed by atoms with Gasteiger partial charge in [-0.2, -0.15) is 0 Å². The van der Waals surface area contributed by atoms with Crippen molar-refractivity contribution < 1.29 is 5.11 Å². The summed E-state index contributed by atoms with van der Waals surface area (Å²) in [6.45, 7) is 3.00. The Morgan fingerprint density at radius 2 is 2.00 bits per heavy atom. The summed E-state index contributed by atoms with van der Waals surface area (Å²) in [6.07, 6.45) is 1.25. The highest BCUT2D eigenvalue weighted by molar-refractivity contribution is 5.17. The molecular weight excluding hydrogens is 226 g/mol. The van der Waals surface area contributed by atoms with E-state index in [1.165, 1.54) is 0 Å². The first-order valence-corrected chi connectivity index (χ1v) is 5.98. The maximum absolute atomic E-state index is 9.96. The Morgan fingerprint density at radius 3 is 2.72 bits per heavy atom. The first kappa shape index (κ1) is 12.7. The lowest BCUT2D eigenvalue weighted by molar-refractivity contribution is 0.174. The number of nitrogens with one attached hydrogen (secondary N) is 1. The average Bonchev–Trinajstić information content (AvgIpc) is 2.40. The SMILES string of the molecule is Cc1nccc(CNCC(O)c2ccccc2)n1. The molecule has 94 valence electrons. The Morgan fingerprint density at radius 1 is 1.22 bits per heavy atom. The predicted octanol–water partition coefficient (Wildman–Crippen LogP) is 1.61. The molecule has 4 heteroatoms. The van der Waals surface area contributed by atoms with Gasteiger partial charge in [-0.15, -0.1) is 0 Å². The lowest BCUT2D eigenvalue weighted by Gasteiger charge is -2.11. The number of hydrogen-bond donors (Lipinski definition) is 2. The molecule has 2 N–H and O–H groups in total. The molecule has 0 spiro atoms. The third kappa shape index (κ3) is 3.61. The fourth-order valence-electron chi connectivity index (χ4n) is 1.73. The van der Waals surface area contributed by atoms with E-state index in [9.17, 15) is 5.11 Å². The molecule has 1 heterocycles. The van der Waals surface area contributed by atoms with Crippen LogP contribution in [0.1, 0.15) is 23.2 Å². The monoisotopic (exact) mass is 243 g/mol. The Bertz CT molecular complexity index is 487. The molecule has 0 radical (unpaired) electrons. The Labute approximate surface area is 107 Å². The van der Waals surface area contributed by atoms with Crippen LogP contribution in [0, 0.1) is 6.92 Å². The van der Waals surface area contributed by atoms with Gasteiger partial charge < -0.3 is 10.4 Å². The Hall–Kier alpha value is -1.78. The van der Waals surface area contributed by atoms with Gasteiger partial charge in [0, 0.05) is 19.3 Å². The largest absolute Gasteiger partial charge is 0.387 e. The van der Waals surface area contributed by atoms with Gasteiger partial charge in [-0.1, -0.05) is 30.3 Å². The van der Waals surface area contributed by atoms with Crippen molar-refractivity contribution in [2.45, 2.75) is 19.6 Å². The van der Waals surface area contributed by atoms with E-state index in [1.807, 2.05) is 43.3 Å². The van der Waals surface area contributed by atoms with E-state index in [4.69, 9.17) is 0 Å². The van der Waals surface area contributed by atoms with E-state index in [-0.39, 0.29) is 0 Å². The van der Waals surface area contributed by atoms with E-state index in [2.05, 4.69) is 15.3 Å². The van der Waals surface area contributed by atoms with Gasteiger partial charge in [0.15, 0.2) is 0 Å². The summed E-state index contributed by atoms with van der Waals surface area (Å²) in [6, 6.07) is 11.5. The minimum atomic E-state index is -0.492. The molecule has 0 aliphatic heterocycles. The highest BCUT2D eigenvalue weighted by Crippen LogP contribution is 2.10. The zero-order valence-electron chi connectivity index (χ0n) is 10.4. The number of benzene rings is 1. The summed E-state index contributed by atoms with van der Waals surface area (Å²) < 4.78 is 0. The molecule has 0 amide bonds. The van der Waals surface area contributed by atoms with Crippen LogP contribution in [0.15, 0.2) is 42.6 Å². The number of aliphatic hydroxyl groups is 1. The second-order valence-corrected chi connectivity index (χ2v) is 4.15. The number of hydrogen-bond acceptors (Lipinski definition) is 4. The van der Waals surface area contributed by atoms with Crippen molar-refractivity contribution in [3.05, 3.63) is 59.7 Å². The minimum Gasteiger partial charge on any atom is -0.387 e. The number of rotatable bonds is 5. The predicted molar refractivity (Wildman–Crippen MR) is 69.9 cm³/mol. The molecule has 2 rings (SSSR count). The van der Waals surface area contributed by atoms with Crippen LogP contribution in [-0.2, 0) is 6.54 Å². The van der Waals surface area contributed by atoms with Crippen LogP contribution in [0.3, 0.4) is 0 Å². The third-order valence-corrected chi connectivity index (χ3v) is 2.66. The third-order valence-electron chi connectivity index (χ3n) is 2.66. The molecule has 18 heavy (non-hydrogen) atoms. The van der Waals surface area contributed by atoms with Gasteiger partial charge in [0.2, 0.25) is 0 Å². The van der Waals surface area contributed by atoms with Crippen LogP contribution in [0.2, 0.25) is 0 Å². The van der Waals surface area contributed by atoms with Crippen molar-refractivity contribution in [1.29, 1.82) is 0 Å². The summed E-state index contributed by atoms with van der Waals surface area (Å²) in [5, 5.41) is 13.1. The second kappa shape index (κ2) is 6.23. The number of aryl methyl sites for hydroxylation is 1. The zero-order chi connectivity index (χ0) is 12.8. The normalized spacial score (nSPS) is 12.3. The van der Waals surface area contributed by atoms with Crippen LogP contribution >= 0.6 is 0 Å². The van der Waals surface area contributed by atoms with Crippen LogP contribution in [-0.4, -0.2) is 21.6 Å². The molecule has 0 aliphatic carbocycles. The first-order valence-electron chi connectivity index (χ1n) is 5.98. The Balaban J connectivity index is 1.82. The molecule has 0 saturated heterocycles. The lowest BCUT2D eigenvalue weighted by atomic mass is 10.1. The quantitative estimate of drug-likeness (QED) is 0.837. The van der Waals surface area contributed by atoms with Crippen LogP contribution in [0.5, 0.6) is 0 Å². The number of aromatic nitrogens is 2. The molecular formula is C14H17N3O. The molecule has 0 saturated carbocycles. The van der Waals surface area contributed by atoms with E-state index in [1.54, 1.807) is 6.20 Å². The van der Waals surface area contributed by atoms with Crippen LogP contribution in [0.25, 0.3) is 0 Å². The summed E-state index contributed by atoms with van der Waals surface area (Å²) in [4.78, 5) is 8.33. The topological polar surface area (TPSA) is 58.0 Å². The van der Waals surface area contributed by atoms with Crippen molar-refractivity contribution in [2.75, 3.05) is 6.54 Å². The summed E-state index contributed by atoms with van der Waals surface area (Å²) in [5.74, 6) is 0.762. The molecule has 4 nitrogen and oxygen atoms in total. The molecule has 0 bridgehead atoms. The highest BCUT2D eigenvalue weighted by Gasteiger charge is 2.06.